The molecule has 3 rings (SSSR count). The number of imidazole rings is 1. The summed E-state index contributed by atoms with van der Waals surface area (Å²) in [5.74, 6) is 1.49. The van der Waals surface area contributed by atoms with Crippen LogP contribution in [0.1, 0.15) is 41.4 Å². The molecule has 0 N–H and O–H groups in total. The van der Waals surface area contributed by atoms with Crippen LogP contribution in [0.3, 0.4) is 0 Å². The Kier molecular flexibility index (Phi) is 6.33. The standard InChI is InChI=1S/C20H27ClN4O/c1-23(2)11-4-13-24-14-10-22-19(24)17-5-3-12-25(15-17)20(26)16-6-8-18(21)9-7-16/h6-10,14,17H,3-5,11-13,15H2,1-2H3. The predicted octanol–water partition coefficient (Wildman–Crippen LogP) is 3.51. The van der Waals surface area contributed by atoms with Gasteiger partial charge in [-0.3, -0.25) is 4.79 Å². The van der Waals surface area contributed by atoms with Crippen molar-refractivity contribution in [3.63, 3.8) is 0 Å². The summed E-state index contributed by atoms with van der Waals surface area (Å²) in [5.41, 5.74) is 0.698. The van der Waals surface area contributed by atoms with Crippen molar-refractivity contribution in [2.75, 3.05) is 33.7 Å². The smallest absolute Gasteiger partial charge is 0.253 e. The number of likely N-dealkylation sites (tertiary alicyclic amines) is 1. The minimum atomic E-state index is 0.0806. The highest BCUT2D eigenvalue weighted by Crippen LogP contribution is 2.27. The Balaban J connectivity index is 1.66. The van der Waals surface area contributed by atoms with E-state index in [4.69, 9.17) is 11.6 Å². The number of carbonyl (C=O) groups excluding carboxylic acids is 1. The van der Waals surface area contributed by atoms with Crippen molar-refractivity contribution in [3.05, 3.63) is 53.1 Å². The Bertz CT molecular complexity index is 726. The topological polar surface area (TPSA) is 41.4 Å². The number of halogens is 1. The van der Waals surface area contributed by atoms with Gasteiger partial charge in [0.15, 0.2) is 0 Å². The maximum absolute atomic E-state index is 12.8. The molecule has 140 valence electrons. The monoisotopic (exact) mass is 374 g/mol. The normalized spacial score (nSPS) is 17.7. The molecule has 1 aliphatic rings. The fourth-order valence-electron chi connectivity index (χ4n) is 3.57. The summed E-state index contributed by atoms with van der Waals surface area (Å²) < 4.78 is 2.25. The van der Waals surface area contributed by atoms with Crippen molar-refractivity contribution in [1.82, 2.24) is 19.4 Å². The molecule has 5 nitrogen and oxygen atoms in total. The first kappa shape index (κ1) is 18.9. The quantitative estimate of drug-likeness (QED) is 0.777. The Morgan fingerprint density at radius 3 is 2.81 bits per heavy atom. The largest absolute Gasteiger partial charge is 0.338 e. The number of aromatic nitrogens is 2. The van der Waals surface area contributed by atoms with Gasteiger partial charge in [0.2, 0.25) is 0 Å². The minimum Gasteiger partial charge on any atom is -0.338 e. The zero-order chi connectivity index (χ0) is 18.5. The van der Waals surface area contributed by atoms with Gasteiger partial charge in [-0.1, -0.05) is 11.6 Å². The van der Waals surface area contributed by atoms with Gasteiger partial charge in [-0.25, -0.2) is 4.98 Å². The zero-order valence-electron chi connectivity index (χ0n) is 15.6. The Morgan fingerprint density at radius 2 is 2.08 bits per heavy atom. The molecule has 0 bridgehead atoms. The number of piperidine rings is 1. The maximum Gasteiger partial charge on any atom is 0.253 e. The van der Waals surface area contributed by atoms with E-state index in [1.165, 1.54) is 0 Å². The van der Waals surface area contributed by atoms with Gasteiger partial charge in [0, 0.05) is 48.5 Å². The fraction of sp³-hybridized carbons (Fsp3) is 0.500. The number of benzene rings is 1. The van der Waals surface area contributed by atoms with Crippen molar-refractivity contribution < 1.29 is 4.79 Å². The Hall–Kier alpha value is -1.85. The lowest BCUT2D eigenvalue weighted by atomic mass is 9.96. The second-order valence-corrected chi connectivity index (χ2v) is 7.67. The van der Waals surface area contributed by atoms with Crippen LogP contribution in [-0.2, 0) is 6.54 Å². The first-order chi connectivity index (χ1) is 12.5. The van der Waals surface area contributed by atoms with Crippen LogP contribution in [0.15, 0.2) is 36.7 Å². The summed E-state index contributed by atoms with van der Waals surface area (Å²) in [4.78, 5) is 21.6. The van der Waals surface area contributed by atoms with Crippen molar-refractivity contribution in [2.45, 2.75) is 31.7 Å². The molecule has 1 amide bonds. The van der Waals surface area contributed by atoms with E-state index >= 15 is 0 Å². The second-order valence-electron chi connectivity index (χ2n) is 7.23. The summed E-state index contributed by atoms with van der Waals surface area (Å²) in [6, 6.07) is 7.15. The third-order valence-electron chi connectivity index (χ3n) is 4.92. The molecule has 0 saturated carbocycles. The molecule has 2 heterocycles. The van der Waals surface area contributed by atoms with E-state index in [-0.39, 0.29) is 5.91 Å². The first-order valence-electron chi connectivity index (χ1n) is 9.25. The molecule has 2 aromatic rings. The van der Waals surface area contributed by atoms with Crippen molar-refractivity contribution in [2.24, 2.45) is 0 Å². The lowest BCUT2D eigenvalue weighted by Crippen LogP contribution is -2.39. The number of hydrogen-bond donors (Lipinski definition) is 0. The van der Waals surface area contributed by atoms with E-state index in [1.54, 1.807) is 24.3 Å². The van der Waals surface area contributed by atoms with Crippen LogP contribution >= 0.6 is 11.6 Å². The lowest BCUT2D eigenvalue weighted by molar-refractivity contribution is 0.0703. The number of amides is 1. The zero-order valence-corrected chi connectivity index (χ0v) is 16.3. The molecule has 1 saturated heterocycles. The van der Waals surface area contributed by atoms with Gasteiger partial charge < -0.3 is 14.4 Å². The van der Waals surface area contributed by atoms with Crippen LogP contribution in [0.25, 0.3) is 0 Å². The summed E-state index contributed by atoms with van der Waals surface area (Å²) in [6.45, 7) is 3.56. The number of nitrogens with zero attached hydrogens (tertiary/aromatic N) is 4. The van der Waals surface area contributed by atoms with E-state index in [9.17, 15) is 4.79 Å². The fourth-order valence-corrected chi connectivity index (χ4v) is 3.70. The molecule has 1 aromatic carbocycles. The molecular weight excluding hydrogens is 348 g/mol. The highest BCUT2D eigenvalue weighted by atomic mass is 35.5. The van der Waals surface area contributed by atoms with Crippen LogP contribution in [0.5, 0.6) is 0 Å². The van der Waals surface area contributed by atoms with E-state index in [2.05, 4.69) is 34.7 Å². The second kappa shape index (κ2) is 8.69. The molecule has 6 heteroatoms. The lowest BCUT2D eigenvalue weighted by Gasteiger charge is -2.33. The van der Waals surface area contributed by atoms with E-state index in [0.717, 1.165) is 51.3 Å². The molecular formula is C20H27ClN4O. The Labute approximate surface area is 160 Å². The van der Waals surface area contributed by atoms with Crippen LogP contribution in [0.2, 0.25) is 5.02 Å². The van der Waals surface area contributed by atoms with Crippen molar-refractivity contribution in [3.8, 4) is 0 Å². The van der Waals surface area contributed by atoms with Gasteiger partial charge in [-0.15, -0.1) is 0 Å². The van der Waals surface area contributed by atoms with Gasteiger partial charge in [0.1, 0.15) is 5.82 Å². The van der Waals surface area contributed by atoms with Crippen molar-refractivity contribution in [1.29, 1.82) is 0 Å². The summed E-state index contributed by atoms with van der Waals surface area (Å²) in [6.07, 6.45) is 7.12. The third-order valence-corrected chi connectivity index (χ3v) is 5.17. The van der Waals surface area contributed by atoms with E-state index in [0.29, 0.717) is 16.5 Å². The number of rotatable bonds is 6. The highest BCUT2D eigenvalue weighted by molar-refractivity contribution is 6.30. The summed E-state index contributed by atoms with van der Waals surface area (Å²) >= 11 is 5.93. The average molecular weight is 375 g/mol. The van der Waals surface area contributed by atoms with Crippen LogP contribution in [0, 0.1) is 0 Å². The van der Waals surface area contributed by atoms with Crippen LogP contribution < -0.4 is 0 Å². The van der Waals surface area contributed by atoms with Gasteiger partial charge in [-0.2, -0.15) is 0 Å². The Morgan fingerprint density at radius 1 is 1.31 bits per heavy atom. The van der Waals surface area contributed by atoms with Crippen molar-refractivity contribution >= 4 is 17.5 Å². The minimum absolute atomic E-state index is 0.0806. The molecule has 1 aromatic heterocycles. The first-order valence-corrected chi connectivity index (χ1v) is 9.63. The van der Waals surface area contributed by atoms with Crippen LogP contribution in [-0.4, -0.2) is 59.0 Å². The SMILES string of the molecule is CN(C)CCCn1ccnc1C1CCCN(C(=O)c2ccc(Cl)cc2)C1. The number of aryl methyl sites for hydroxylation is 1. The molecule has 1 aliphatic heterocycles. The molecule has 0 aliphatic carbocycles. The predicted molar refractivity (Wildman–Crippen MR) is 105 cm³/mol. The number of carbonyl (C=O) groups is 1. The summed E-state index contributed by atoms with van der Waals surface area (Å²) in [7, 11) is 4.19. The van der Waals surface area contributed by atoms with Gasteiger partial charge in [-0.05, 0) is 64.2 Å². The molecule has 0 radical (unpaired) electrons. The van der Waals surface area contributed by atoms with Gasteiger partial charge in [0.25, 0.3) is 5.91 Å². The molecule has 1 fully saturated rings. The van der Waals surface area contributed by atoms with E-state index in [1.807, 2.05) is 11.1 Å². The van der Waals surface area contributed by atoms with E-state index < -0.39 is 0 Å². The molecule has 0 spiro atoms. The van der Waals surface area contributed by atoms with Crippen LogP contribution in [0.4, 0.5) is 0 Å². The molecule has 1 atom stereocenters. The highest BCUT2D eigenvalue weighted by Gasteiger charge is 2.27. The number of hydrogen-bond acceptors (Lipinski definition) is 3. The average Bonchev–Trinajstić information content (AvgIpc) is 3.10. The third kappa shape index (κ3) is 4.65. The molecule has 26 heavy (non-hydrogen) atoms. The maximum atomic E-state index is 12.8. The summed E-state index contributed by atoms with van der Waals surface area (Å²) in [5, 5.41) is 0.651. The van der Waals surface area contributed by atoms with Gasteiger partial charge >= 0.3 is 0 Å². The molecule has 1 unspecified atom stereocenters. The van der Waals surface area contributed by atoms with Gasteiger partial charge in [0.05, 0.1) is 0 Å².